The topological polar surface area (TPSA) is 0 Å². The standard InChI is InChI=1S/C17H15F3/c1-12-3-2-4-14(11-12)13-5-7-15(8-6-13)16(9-10-16)17(18,19)20/h2-8,11H,9-10H2,1H3. The predicted molar refractivity (Wildman–Crippen MR) is 73.6 cm³/mol. The average Bonchev–Trinajstić information content (AvgIpc) is 3.20. The Balaban J connectivity index is 1.93. The van der Waals surface area contributed by atoms with E-state index in [0.29, 0.717) is 5.56 Å². The van der Waals surface area contributed by atoms with Crippen molar-refractivity contribution in [1.82, 2.24) is 0 Å². The molecule has 104 valence electrons. The van der Waals surface area contributed by atoms with Crippen LogP contribution >= 0.6 is 0 Å². The molecule has 3 rings (SSSR count). The molecule has 3 heteroatoms. The van der Waals surface area contributed by atoms with Gasteiger partial charge in [0.05, 0.1) is 5.41 Å². The van der Waals surface area contributed by atoms with Crippen LogP contribution in [0.4, 0.5) is 13.2 Å². The molecule has 0 nitrogen and oxygen atoms in total. The number of hydrogen-bond donors (Lipinski definition) is 0. The highest BCUT2D eigenvalue weighted by Gasteiger charge is 2.64. The lowest BCUT2D eigenvalue weighted by molar-refractivity contribution is -0.160. The van der Waals surface area contributed by atoms with Crippen LogP contribution in [-0.2, 0) is 5.41 Å². The zero-order valence-corrected chi connectivity index (χ0v) is 11.2. The highest BCUT2D eigenvalue weighted by molar-refractivity contribution is 5.64. The Morgan fingerprint density at radius 3 is 2.05 bits per heavy atom. The minimum atomic E-state index is -4.14. The van der Waals surface area contributed by atoms with Crippen LogP contribution in [0.2, 0.25) is 0 Å². The summed E-state index contributed by atoms with van der Waals surface area (Å²) >= 11 is 0. The van der Waals surface area contributed by atoms with Crippen molar-refractivity contribution in [3.8, 4) is 11.1 Å². The van der Waals surface area contributed by atoms with Crippen LogP contribution in [0.15, 0.2) is 48.5 Å². The summed E-state index contributed by atoms with van der Waals surface area (Å²) in [5.74, 6) is 0. The third-order valence-electron chi connectivity index (χ3n) is 4.08. The summed E-state index contributed by atoms with van der Waals surface area (Å²) in [4.78, 5) is 0. The number of benzene rings is 2. The van der Waals surface area contributed by atoms with Crippen LogP contribution in [0, 0.1) is 6.92 Å². The third-order valence-corrected chi connectivity index (χ3v) is 4.08. The molecule has 2 aromatic rings. The second-order valence-electron chi connectivity index (χ2n) is 5.53. The van der Waals surface area contributed by atoms with Gasteiger partial charge >= 0.3 is 6.18 Å². The first-order valence-electron chi connectivity index (χ1n) is 6.67. The van der Waals surface area contributed by atoms with Crippen LogP contribution in [-0.4, -0.2) is 6.18 Å². The Labute approximate surface area is 116 Å². The predicted octanol–water partition coefficient (Wildman–Crippen LogP) is 5.26. The molecule has 1 aliphatic rings. The van der Waals surface area contributed by atoms with Gasteiger partial charge in [-0.1, -0.05) is 54.1 Å². The van der Waals surface area contributed by atoms with E-state index >= 15 is 0 Å². The van der Waals surface area contributed by atoms with Gasteiger partial charge in [0, 0.05) is 0 Å². The van der Waals surface area contributed by atoms with E-state index in [1.807, 2.05) is 31.2 Å². The number of rotatable bonds is 2. The van der Waals surface area contributed by atoms with Crippen molar-refractivity contribution in [2.24, 2.45) is 0 Å². The van der Waals surface area contributed by atoms with Crippen molar-refractivity contribution in [1.29, 1.82) is 0 Å². The second-order valence-corrected chi connectivity index (χ2v) is 5.53. The molecule has 0 N–H and O–H groups in total. The Kier molecular flexibility index (Phi) is 2.89. The number of halogens is 3. The number of aryl methyl sites for hydroxylation is 1. The fraction of sp³-hybridized carbons (Fsp3) is 0.294. The molecule has 0 atom stereocenters. The monoisotopic (exact) mass is 276 g/mol. The first kappa shape index (κ1) is 13.2. The molecule has 1 saturated carbocycles. The summed E-state index contributed by atoms with van der Waals surface area (Å²) in [5, 5.41) is 0. The molecular formula is C17H15F3. The molecule has 0 aromatic heterocycles. The van der Waals surface area contributed by atoms with Gasteiger partial charge < -0.3 is 0 Å². The Bertz CT molecular complexity index is 619. The van der Waals surface area contributed by atoms with E-state index in [9.17, 15) is 13.2 Å². The molecule has 0 amide bonds. The highest BCUT2D eigenvalue weighted by Crippen LogP contribution is 2.58. The van der Waals surface area contributed by atoms with Gasteiger partial charge in [-0.2, -0.15) is 13.2 Å². The lowest BCUT2D eigenvalue weighted by Gasteiger charge is -2.19. The third kappa shape index (κ3) is 2.11. The fourth-order valence-corrected chi connectivity index (χ4v) is 2.67. The van der Waals surface area contributed by atoms with Gasteiger partial charge in [0.1, 0.15) is 0 Å². The van der Waals surface area contributed by atoms with E-state index in [2.05, 4.69) is 0 Å². The van der Waals surface area contributed by atoms with Crippen molar-refractivity contribution in [2.45, 2.75) is 31.4 Å². The first-order valence-corrected chi connectivity index (χ1v) is 6.67. The van der Waals surface area contributed by atoms with Gasteiger partial charge in [0.25, 0.3) is 0 Å². The summed E-state index contributed by atoms with van der Waals surface area (Å²) in [5.41, 5.74) is 1.93. The minimum Gasteiger partial charge on any atom is -0.170 e. The summed E-state index contributed by atoms with van der Waals surface area (Å²) < 4.78 is 39.2. The zero-order chi connectivity index (χ0) is 14.4. The van der Waals surface area contributed by atoms with Crippen LogP contribution < -0.4 is 0 Å². The van der Waals surface area contributed by atoms with Crippen molar-refractivity contribution in [3.05, 3.63) is 59.7 Å². The van der Waals surface area contributed by atoms with Crippen LogP contribution in [0.1, 0.15) is 24.0 Å². The van der Waals surface area contributed by atoms with Gasteiger partial charge in [-0.3, -0.25) is 0 Å². The van der Waals surface area contributed by atoms with Crippen molar-refractivity contribution in [3.63, 3.8) is 0 Å². The van der Waals surface area contributed by atoms with Crippen molar-refractivity contribution in [2.75, 3.05) is 0 Å². The molecule has 0 aliphatic heterocycles. The molecule has 0 heterocycles. The highest BCUT2D eigenvalue weighted by atomic mass is 19.4. The number of hydrogen-bond acceptors (Lipinski definition) is 0. The summed E-state index contributed by atoms with van der Waals surface area (Å²) in [6.45, 7) is 2.00. The van der Waals surface area contributed by atoms with Gasteiger partial charge in [-0.05, 0) is 36.5 Å². The van der Waals surface area contributed by atoms with E-state index in [4.69, 9.17) is 0 Å². The lowest BCUT2D eigenvalue weighted by atomic mass is 9.93. The van der Waals surface area contributed by atoms with E-state index in [-0.39, 0.29) is 12.8 Å². The van der Waals surface area contributed by atoms with Gasteiger partial charge in [0.15, 0.2) is 0 Å². The zero-order valence-electron chi connectivity index (χ0n) is 11.2. The van der Waals surface area contributed by atoms with Crippen molar-refractivity contribution >= 4 is 0 Å². The molecule has 0 unspecified atom stereocenters. The molecule has 2 aromatic carbocycles. The van der Waals surface area contributed by atoms with E-state index < -0.39 is 11.6 Å². The molecule has 0 bridgehead atoms. The molecular weight excluding hydrogens is 261 g/mol. The van der Waals surface area contributed by atoms with Crippen LogP contribution in [0.5, 0.6) is 0 Å². The molecule has 1 fully saturated rings. The molecule has 20 heavy (non-hydrogen) atoms. The summed E-state index contributed by atoms with van der Waals surface area (Å²) in [6.07, 6.45) is -3.72. The van der Waals surface area contributed by atoms with Crippen LogP contribution in [0.25, 0.3) is 11.1 Å². The van der Waals surface area contributed by atoms with Crippen LogP contribution in [0.3, 0.4) is 0 Å². The Hall–Kier alpha value is -1.77. The first-order chi connectivity index (χ1) is 9.42. The quantitative estimate of drug-likeness (QED) is 0.702. The van der Waals surface area contributed by atoms with E-state index in [0.717, 1.165) is 16.7 Å². The molecule has 0 radical (unpaired) electrons. The second kappa shape index (κ2) is 4.37. The average molecular weight is 276 g/mol. The maximum Gasteiger partial charge on any atom is 0.398 e. The van der Waals surface area contributed by atoms with Gasteiger partial charge in [-0.15, -0.1) is 0 Å². The lowest BCUT2D eigenvalue weighted by Crippen LogP contribution is -2.28. The van der Waals surface area contributed by atoms with E-state index in [1.165, 1.54) is 0 Å². The maximum absolute atomic E-state index is 13.1. The van der Waals surface area contributed by atoms with Gasteiger partial charge in [0.2, 0.25) is 0 Å². The largest absolute Gasteiger partial charge is 0.398 e. The summed E-state index contributed by atoms with van der Waals surface area (Å²) in [7, 11) is 0. The van der Waals surface area contributed by atoms with Gasteiger partial charge in [-0.25, -0.2) is 0 Å². The Morgan fingerprint density at radius 2 is 1.55 bits per heavy atom. The molecule has 0 spiro atoms. The smallest absolute Gasteiger partial charge is 0.170 e. The minimum absolute atomic E-state index is 0.209. The summed E-state index contributed by atoms with van der Waals surface area (Å²) in [6, 6.07) is 14.8. The Morgan fingerprint density at radius 1 is 0.900 bits per heavy atom. The molecule has 1 aliphatic carbocycles. The number of alkyl halides is 3. The molecule has 0 saturated heterocycles. The normalized spacial score (nSPS) is 17.0. The SMILES string of the molecule is Cc1cccc(-c2ccc(C3(C(F)(F)F)CC3)cc2)c1. The van der Waals surface area contributed by atoms with E-state index in [1.54, 1.807) is 24.3 Å². The maximum atomic E-state index is 13.1. The van der Waals surface area contributed by atoms with Crippen molar-refractivity contribution < 1.29 is 13.2 Å². The fourth-order valence-electron chi connectivity index (χ4n) is 2.67.